The first kappa shape index (κ1) is 38.5. The maximum atomic E-state index is 13.7. The summed E-state index contributed by atoms with van der Waals surface area (Å²) < 4.78 is 6.25. The number of carboxylic acids is 2. The van der Waals surface area contributed by atoms with E-state index in [-0.39, 0.29) is 52.0 Å². The first-order chi connectivity index (χ1) is 24.7. The Kier molecular flexibility index (Phi) is 9.64. The van der Waals surface area contributed by atoms with Crippen molar-refractivity contribution < 1.29 is 44.0 Å². The quantitative estimate of drug-likeness (QED) is 0.0898. The highest BCUT2D eigenvalue weighted by molar-refractivity contribution is 6.03. The molecular formula is C43H55NO9. The van der Waals surface area contributed by atoms with Gasteiger partial charge < -0.3 is 25.4 Å². The molecule has 7 atom stereocenters. The molecule has 0 aliphatic heterocycles. The molecule has 0 saturated heterocycles. The van der Waals surface area contributed by atoms with Crippen molar-refractivity contribution in [3.05, 3.63) is 53.6 Å². The first-order valence-electron chi connectivity index (χ1n) is 19.1. The molecule has 0 heterocycles. The van der Waals surface area contributed by atoms with E-state index in [4.69, 9.17) is 9.84 Å². The molecular weight excluding hydrogens is 674 g/mol. The average molecular weight is 730 g/mol. The molecule has 1 aromatic rings. The van der Waals surface area contributed by atoms with E-state index in [9.17, 15) is 34.2 Å². The van der Waals surface area contributed by atoms with E-state index in [0.29, 0.717) is 43.1 Å². The Morgan fingerprint density at radius 3 is 2.32 bits per heavy atom. The molecule has 0 radical (unpaired) electrons. The fraction of sp³-hybridized carbons (Fsp3) is 0.605. The number of phenols is 1. The van der Waals surface area contributed by atoms with Gasteiger partial charge in [-0.2, -0.15) is 0 Å². The first-order valence-corrected chi connectivity index (χ1v) is 19.1. The number of hydrogen-bond donors (Lipinski definition) is 4. The number of hydrogen-bond acceptors (Lipinski definition) is 7. The number of carbonyl (C=O) groups excluding carboxylic acids is 3. The summed E-state index contributed by atoms with van der Waals surface area (Å²) in [7, 11) is 0. The minimum absolute atomic E-state index is 0.0418. The van der Waals surface area contributed by atoms with Crippen molar-refractivity contribution in [1.29, 1.82) is 0 Å². The second-order valence-electron chi connectivity index (χ2n) is 18.4. The van der Waals surface area contributed by atoms with Crippen molar-refractivity contribution in [3.63, 3.8) is 0 Å². The van der Waals surface area contributed by atoms with Gasteiger partial charge in [-0.3, -0.25) is 14.4 Å². The van der Waals surface area contributed by atoms with Crippen LogP contribution in [0.1, 0.15) is 111 Å². The van der Waals surface area contributed by atoms with Crippen LogP contribution in [-0.2, 0) is 28.7 Å². The molecule has 5 aliphatic carbocycles. The van der Waals surface area contributed by atoms with Crippen LogP contribution in [0.5, 0.6) is 5.75 Å². The molecule has 0 spiro atoms. The molecule has 10 heteroatoms. The lowest BCUT2D eigenvalue weighted by atomic mass is 9.33. The van der Waals surface area contributed by atoms with Crippen LogP contribution in [0.2, 0.25) is 0 Å². The molecule has 1 amide bonds. The second-order valence-corrected chi connectivity index (χ2v) is 18.4. The Labute approximate surface area is 312 Å². The van der Waals surface area contributed by atoms with E-state index < -0.39 is 40.1 Å². The number of carbonyl (C=O) groups is 5. The van der Waals surface area contributed by atoms with Crippen molar-refractivity contribution in [2.24, 2.45) is 50.2 Å². The van der Waals surface area contributed by atoms with Gasteiger partial charge in [0.1, 0.15) is 18.1 Å². The zero-order valence-corrected chi connectivity index (χ0v) is 31.9. The Bertz CT molecular complexity index is 1820. The maximum Gasteiger partial charge on any atom is 0.330 e. The molecule has 0 aromatic heterocycles. The monoisotopic (exact) mass is 729 g/mol. The van der Waals surface area contributed by atoms with Gasteiger partial charge in [0.05, 0.1) is 5.41 Å². The Morgan fingerprint density at radius 2 is 1.62 bits per heavy atom. The number of rotatable bonds is 8. The summed E-state index contributed by atoms with van der Waals surface area (Å²) in [4.78, 5) is 63.4. The van der Waals surface area contributed by atoms with Gasteiger partial charge >= 0.3 is 17.9 Å². The van der Waals surface area contributed by atoms with Crippen LogP contribution in [0, 0.1) is 50.2 Å². The highest BCUT2D eigenvalue weighted by Crippen LogP contribution is 2.75. The lowest BCUT2D eigenvalue weighted by Gasteiger charge is -2.70. The number of aliphatic carboxylic acids is 2. The number of benzene rings is 1. The molecule has 2 unspecified atom stereocenters. The van der Waals surface area contributed by atoms with E-state index in [2.05, 4.69) is 52.9 Å². The predicted octanol–water partition coefficient (Wildman–Crippen LogP) is 7.96. The number of esters is 1. The van der Waals surface area contributed by atoms with E-state index in [0.717, 1.165) is 50.2 Å². The van der Waals surface area contributed by atoms with Crippen molar-refractivity contribution in [2.45, 2.75) is 106 Å². The summed E-state index contributed by atoms with van der Waals surface area (Å²) in [6.45, 7) is 13.5. The van der Waals surface area contributed by atoms with Crippen LogP contribution in [0.15, 0.2) is 48.1 Å². The molecule has 4 N–H and O–H groups in total. The van der Waals surface area contributed by atoms with Gasteiger partial charge in [0.2, 0.25) is 5.91 Å². The van der Waals surface area contributed by atoms with Crippen LogP contribution in [0.25, 0.3) is 6.08 Å². The van der Waals surface area contributed by atoms with Crippen molar-refractivity contribution in [1.82, 2.24) is 0 Å². The van der Waals surface area contributed by atoms with Gasteiger partial charge in [0.25, 0.3) is 0 Å². The SMILES string of the molecule is CC1(C)CC[C@]2(C(=O)O)CC[C@]3(COC(=O)/C=C/c4cc(O)ccc4NC(=O)/C=C/C(=O)O)C(=CCC4[C@@]5(C)CCC(=O)C(C)(C)C5CC[C@]43C)[C@@H]2C1. The Hall–Kier alpha value is -4.21. The van der Waals surface area contributed by atoms with Gasteiger partial charge in [-0.05, 0) is 116 Å². The van der Waals surface area contributed by atoms with Gasteiger partial charge in [-0.15, -0.1) is 0 Å². The van der Waals surface area contributed by atoms with Gasteiger partial charge in [0, 0.05) is 46.7 Å². The fourth-order valence-electron chi connectivity index (χ4n) is 12.1. The van der Waals surface area contributed by atoms with E-state index in [1.165, 1.54) is 30.4 Å². The number of Topliss-reactive ketones (excluding diaryl/α,β-unsaturated/α-hetero) is 1. The topological polar surface area (TPSA) is 167 Å². The molecule has 4 fully saturated rings. The van der Waals surface area contributed by atoms with Crippen molar-refractivity contribution >= 4 is 41.4 Å². The van der Waals surface area contributed by atoms with Crippen LogP contribution in [0.4, 0.5) is 5.69 Å². The molecule has 1 aromatic carbocycles. The second kappa shape index (κ2) is 13.3. The normalized spacial score (nSPS) is 35.6. The maximum absolute atomic E-state index is 13.7. The third kappa shape index (κ3) is 6.33. The number of amides is 1. The molecule has 5 aliphatic rings. The minimum atomic E-state index is -1.28. The molecule has 6 rings (SSSR count). The third-order valence-corrected chi connectivity index (χ3v) is 15.0. The summed E-state index contributed by atoms with van der Waals surface area (Å²) in [6, 6.07) is 4.19. The smallest absolute Gasteiger partial charge is 0.330 e. The zero-order chi connectivity index (χ0) is 38.8. The number of aromatic hydroxyl groups is 1. The van der Waals surface area contributed by atoms with Crippen LogP contribution in [0.3, 0.4) is 0 Å². The standard InChI is InChI=1S/C43H55NO9/c1-38(2)19-20-42(37(51)52)21-22-43(25-53-36(50)14-7-26-23-27(45)8-10-30(26)44-34(47)12-13-35(48)49)28(29(42)24-38)9-11-32-40(5)17-16-33(46)39(3,4)31(40)15-18-41(32,43)6/h7-10,12-14,23,29,31-32,45H,11,15-22,24-25H2,1-6H3,(H,44,47)(H,48,49)(H,51,52)/b13-12+,14-7+/t29-,31?,32?,40-,41+,42-,43-/m0/s1. The Morgan fingerprint density at radius 1 is 0.906 bits per heavy atom. The van der Waals surface area contributed by atoms with Gasteiger partial charge in [-0.1, -0.05) is 53.2 Å². The number of nitrogens with one attached hydrogen (secondary N) is 1. The molecule has 0 bridgehead atoms. The summed E-state index contributed by atoms with van der Waals surface area (Å²) in [5.74, 6) is -2.84. The van der Waals surface area contributed by atoms with Gasteiger partial charge in [0.15, 0.2) is 0 Å². The third-order valence-electron chi connectivity index (χ3n) is 15.0. The number of allylic oxidation sites excluding steroid dienone is 1. The van der Waals surface area contributed by atoms with Crippen molar-refractivity contribution in [2.75, 3.05) is 11.9 Å². The van der Waals surface area contributed by atoms with E-state index >= 15 is 0 Å². The van der Waals surface area contributed by atoms with Crippen LogP contribution >= 0.6 is 0 Å². The minimum Gasteiger partial charge on any atom is -0.508 e. The van der Waals surface area contributed by atoms with Crippen molar-refractivity contribution in [3.8, 4) is 5.75 Å². The number of phenolic OH excluding ortho intramolecular Hbond substituents is 1. The van der Waals surface area contributed by atoms with Gasteiger partial charge in [-0.25, -0.2) is 9.59 Å². The lowest BCUT2D eigenvalue weighted by Crippen LogP contribution is -2.66. The molecule has 10 nitrogen and oxygen atoms in total. The number of ketones is 1. The highest BCUT2D eigenvalue weighted by Gasteiger charge is 2.71. The fourth-order valence-corrected chi connectivity index (χ4v) is 12.1. The number of carboxylic acid groups (broad SMARTS) is 2. The van der Waals surface area contributed by atoms with E-state index in [1.807, 2.05) is 0 Å². The number of fused-ring (bicyclic) bond motifs is 7. The van der Waals surface area contributed by atoms with E-state index in [1.54, 1.807) is 0 Å². The van der Waals surface area contributed by atoms with Crippen LogP contribution in [-0.4, -0.2) is 51.5 Å². The molecule has 4 saturated carbocycles. The average Bonchev–Trinajstić information content (AvgIpc) is 3.08. The number of ether oxygens (including phenoxy) is 1. The summed E-state index contributed by atoms with van der Waals surface area (Å²) in [5, 5.41) is 32.5. The lowest BCUT2D eigenvalue weighted by molar-refractivity contribution is -0.202. The summed E-state index contributed by atoms with van der Waals surface area (Å²) >= 11 is 0. The largest absolute Gasteiger partial charge is 0.508 e. The highest BCUT2D eigenvalue weighted by atomic mass is 16.5. The molecule has 286 valence electrons. The summed E-state index contributed by atoms with van der Waals surface area (Å²) in [5.41, 5.74) is -0.670. The predicted molar refractivity (Wildman–Crippen MR) is 200 cm³/mol. The Balaban J connectivity index is 1.36. The summed E-state index contributed by atoms with van der Waals surface area (Å²) in [6.07, 6.45) is 13.8. The van der Waals surface area contributed by atoms with Crippen LogP contribution < -0.4 is 5.32 Å². The number of anilines is 1. The zero-order valence-electron chi connectivity index (χ0n) is 31.9. The molecule has 53 heavy (non-hydrogen) atoms.